The van der Waals surface area contributed by atoms with Gasteiger partial charge in [0.25, 0.3) is 0 Å². The van der Waals surface area contributed by atoms with E-state index in [1.807, 2.05) is 20.8 Å². The van der Waals surface area contributed by atoms with Crippen molar-refractivity contribution in [2.24, 2.45) is 0 Å². The number of ether oxygens (including phenoxy) is 4. The van der Waals surface area contributed by atoms with Gasteiger partial charge in [0.1, 0.15) is 0 Å². The van der Waals surface area contributed by atoms with Gasteiger partial charge >= 0.3 is 38.1 Å². The van der Waals surface area contributed by atoms with E-state index >= 15 is 0 Å². The maximum atomic E-state index is 10.7. The molecule has 0 rings (SSSR count). The standard InChI is InChI=1S/C30H70N2O12SSi3.Na/c1-10-28(33)23-39-13-11-17-46(4,5)43-48(8,9)44-47(6,7)18-12-14-40-24-29(34)19-31-26(2)21-41-15-16-42-22-27(3)32-20-30(35)25-45(36,37)38;/h26-35H,10-25H2,1-9H3,(H,36,37,38);/q;+1/p-1. The number of nitrogens with one attached hydrogen (secondary N) is 2. The van der Waals surface area contributed by atoms with Crippen molar-refractivity contribution in [1.29, 1.82) is 0 Å². The second-order valence-corrected chi connectivity index (χ2v) is 28.3. The Bertz CT molecular complexity index is 929. The maximum absolute atomic E-state index is 10.7. The fourth-order valence-electron chi connectivity index (χ4n) is 4.99. The predicted octanol–water partition coefficient (Wildman–Crippen LogP) is -1.02. The van der Waals surface area contributed by atoms with Crippen LogP contribution in [0.1, 0.15) is 40.0 Å². The van der Waals surface area contributed by atoms with E-state index in [1.165, 1.54) is 0 Å². The normalized spacial score (nSPS) is 16.2. The molecule has 0 radical (unpaired) electrons. The minimum Gasteiger partial charge on any atom is -0.748 e. The molecule has 0 saturated carbocycles. The minimum atomic E-state index is -4.46. The molecule has 0 spiro atoms. The van der Waals surface area contributed by atoms with E-state index in [2.05, 4.69) is 49.9 Å². The summed E-state index contributed by atoms with van der Waals surface area (Å²) in [5.41, 5.74) is 0. The first-order valence-electron chi connectivity index (χ1n) is 17.3. The number of aliphatic hydroxyl groups excluding tert-OH is 3. The van der Waals surface area contributed by atoms with Crippen molar-refractivity contribution in [2.45, 2.75) is 122 Å². The van der Waals surface area contributed by atoms with Crippen LogP contribution in [0.25, 0.3) is 0 Å². The Hall–Kier alpha value is 1.12. The summed E-state index contributed by atoms with van der Waals surface area (Å²) in [6.45, 7) is 22.7. The van der Waals surface area contributed by atoms with Gasteiger partial charge in [-0.05, 0) is 84.5 Å². The smallest absolute Gasteiger partial charge is 0.748 e. The van der Waals surface area contributed by atoms with Crippen LogP contribution in [0.2, 0.25) is 51.4 Å². The number of aliphatic hydroxyl groups is 3. The van der Waals surface area contributed by atoms with Crippen LogP contribution in [0.3, 0.4) is 0 Å². The van der Waals surface area contributed by atoms with Gasteiger partial charge < -0.3 is 57.7 Å². The third kappa shape index (κ3) is 33.4. The van der Waals surface area contributed by atoms with Gasteiger partial charge in [-0.15, -0.1) is 0 Å². The first kappa shape index (κ1) is 52.2. The van der Waals surface area contributed by atoms with Gasteiger partial charge in [0.15, 0.2) is 16.6 Å². The number of hydrogen-bond donors (Lipinski definition) is 5. The second kappa shape index (κ2) is 27.7. The van der Waals surface area contributed by atoms with Crippen LogP contribution in [-0.4, -0.2) is 156 Å². The van der Waals surface area contributed by atoms with Crippen LogP contribution in [0, 0.1) is 0 Å². The Morgan fingerprint density at radius 3 is 1.45 bits per heavy atom. The Morgan fingerprint density at radius 2 is 1.04 bits per heavy atom. The summed E-state index contributed by atoms with van der Waals surface area (Å²) in [7, 11) is -10.6. The molecule has 49 heavy (non-hydrogen) atoms. The van der Waals surface area contributed by atoms with Crippen LogP contribution in [-0.2, 0) is 37.3 Å². The van der Waals surface area contributed by atoms with Crippen LogP contribution in [0.15, 0.2) is 0 Å². The topological polar surface area (TPSA) is 197 Å². The van der Waals surface area contributed by atoms with Gasteiger partial charge in [-0.25, -0.2) is 8.42 Å². The monoisotopic (exact) mass is 788 g/mol. The van der Waals surface area contributed by atoms with E-state index in [0.29, 0.717) is 59.2 Å². The summed E-state index contributed by atoms with van der Waals surface area (Å²) in [5, 5.41) is 35.6. The third-order valence-electron chi connectivity index (χ3n) is 7.18. The quantitative estimate of drug-likeness (QED) is 0.0316. The van der Waals surface area contributed by atoms with Gasteiger partial charge in [-0.3, -0.25) is 0 Å². The average molecular weight is 789 g/mol. The Morgan fingerprint density at radius 1 is 0.653 bits per heavy atom. The molecule has 5 N–H and O–H groups in total. The van der Waals surface area contributed by atoms with Crippen LogP contribution in [0.5, 0.6) is 0 Å². The number of rotatable bonds is 32. The largest absolute Gasteiger partial charge is 1.00 e. The van der Waals surface area contributed by atoms with Gasteiger partial charge in [-0.2, -0.15) is 0 Å². The Labute approximate surface area is 322 Å². The van der Waals surface area contributed by atoms with Gasteiger partial charge in [0, 0.05) is 38.4 Å². The Balaban J connectivity index is 0. The molecule has 0 aromatic heterocycles. The van der Waals surface area contributed by atoms with Crippen molar-refractivity contribution >= 4 is 35.3 Å². The van der Waals surface area contributed by atoms with Gasteiger partial charge in [0.05, 0.1) is 73.8 Å². The van der Waals surface area contributed by atoms with E-state index in [-0.39, 0.29) is 54.8 Å². The van der Waals surface area contributed by atoms with Crippen molar-refractivity contribution in [3.8, 4) is 0 Å². The molecular formula is C30H69N2NaO12SSi3. The summed E-state index contributed by atoms with van der Waals surface area (Å²) in [6, 6.07) is 1.82. The molecule has 19 heteroatoms. The molecule has 290 valence electrons. The van der Waals surface area contributed by atoms with Crippen LogP contribution < -0.4 is 40.2 Å². The van der Waals surface area contributed by atoms with Crippen molar-refractivity contribution in [3.63, 3.8) is 0 Å². The fraction of sp³-hybridized carbons (Fsp3) is 1.00. The fourth-order valence-corrected chi connectivity index (χ4v) is 19.6. The van der Waals surface area contributed by atoms with E-state index in [0.717, 1.165) is 24.9 Å². The van der Waals surface area contributed by atoms with E-state index in [9.17, 15) is 28.3 Å². The summed E-state index contributed by atoms with van der Waals surface area (Å²) in [4.78, 5) is 0. The molecule has 0 saturated heterocycles. The molecule has 0 aliphatic heterocycles. The van der Waals surface area contributed by atoms with Crippen LogP contribution >= 0.6 is 0 Å². The molecule has 5 unspecified atom stereocenters. The number of hydrogen-bond acceptors (Lipinski definition) is 14. The molecule has 14 nitrogen and oxygen atoms in total. The van der Waals surface area contributed by atoms with Gasteiger partial charge in [0.2, 0.25) is 0 Å². The van der Waals surface area contributed by atoms with Crippen LogP contribution in [0.4, 0.5) is 0 Å². The molecule has 0 fully saturated rings. The second-order valence-electron chi connectivity index (χ2n) is 14.3. The minimum absolute atomic E-state index is 0. The predicted molar refractivity (Wildman–Crippen MR) is 195 cm³/mol. The van der Waals surface area contributed by atoms with E-state index in [1.54, 1.807) is 0 Å². The third-order valence-corrected chi connectivity index (χ3v) is 19.4. The summed E-state index contributed by atoms with van der Waals surface area (Å²) < 4.78 is 67.8. The maximum Gasteiger partial charge on any atom is 1.00 e. The molecule has 0 bridgehead atoms. The van der Waals surface area contributed by atoms with E-state index in [4.69, 9.17) is 27.2 Å². The van der Waals surface area contributed by atoms with E-state index < -0.39 is 59.4 Å². The molecule has 0 aliphatic rings. The first-order chi connectivity index (χ1) is 22.2. The molecule has 0 amide bonds. The summed E-state index contributed by atoms with van der Waals surface area (Å²) in [5.74, 6) is -0.823. The van der Waals surface area contributed by atoms with Crippen molar-refractivity contribution in [1.82, 2.24) is 10.6 Å². The van der Waals surface area contributed by atoms with Crippen molar-refractivity contribution < 1.29 is 85.0 Å². The van der Waals surface area contributed by atoms with Gasteiger partial charge in [-0.1, -0.05) is 6.92 Å². The van der Waals surface area contributed by atoms with Crippen molar-refractivity contribution in [3.05, 3.63) is 0 Å². The van der Waals surface area contributed by atoms with Crippen molar-refractivity contribution in [2.75, 3.05) is 71.7 Å². The zero-order valence-electron chi connectivity index (χ0n) is 32.1. The molecule has 0 heterocycles. The summed E-state index contributed by atoms with van der Waals surface area (Å²) >= 11 is 0. The molecule has 5 atom stereocenters. The molecule has 0 aromatic carbocycles. The first-order valence-corrected chi connectivity index (χ1v) is 27.9. The summed E-state index contributed by atoms with van der Waals surface area (Å²) in [6.07, 6.45) is 0.201. The average Bonchev–Trinajstić information content (AvgIpc) is 2.93. The molecule has 0 aliphatic carbocycles. The zero-order valence-corrected chi connectivity index (χ0v) is 37.9. The molecule has 0 aromatic rings. The Kier molecular flexibility index (Phi) is 29.5. The SMILES string of the molecule is CCC(O)COCCC[Si](C)(C)O[Si](C)(C)O[Si](C)(C)CCCOCC(O)CNC(C)COCCOCC(C)NCC(O)CS(=O)(=O)[O-].[Na+]. The zero-order chi connectivity index (χ0) is 36.9. The molecular weight excluding hydrogens is 720 g/mol.